The maximum atomic E-state index is 11.8. The van der Waals surface area contributed by atoms with E-state index in [-0.39, 0.29) is 23.5 Å². The molecule has 0 unspecified atom stereocenters. The molecule has 2 aromatic carbocycles. The predicted molar refractivity (Wildman–Crippen MR) is 103 cm³/mol. The molecule has 0 amide bonds. The van der Waals surface area contributed by atoms with Crippen LogP contribution in [0.3, 0.4) is 0 Å². The van der Waals surface area contributed by atoms with E-state index in [1.807, 2.05) is 0 Å². The van der Waals surface area contributed by atoms with Crippen LogP contribution in [-0.2, 0) is 14.6 Å². The van der Waals surface area contributed by atoms with E-state index in [2.05, 4.69) is 0 Å². The number of carboxylic acid groups (broad SMARTS) is 1. The quantitative estimate of drug-likeness (QED) is 0.680. The van der Waals surface area contributed by atoms with Gasteiger partial charge in [0.2, 0.25) is 0 Å². The fraction of sp³-hybridized carbons (Fsp3) is 0.211. The molecule has 0 spiro atoms. The summed E-state index contributed by atoms with van der Waals surface area (Å²) in [4.78, 5) is 11.9. The zero-order chi connectivity index (χ0) is 20.2. The largest absolute Gasteiger partial charge is 0.495 e. The van der Waals surface area contributed by atoms with E-state index in [4.69, 9.17) is 16.3 Å². The number of ether oxygens (including phenoxy) is 1. The first-order valence-corrected chi connectivity index (χ1v) is 10.2. The van der Waals surface area contributed by atoms with Gasteiger partial charge in [0.15, 0.2) is 9.84 Å². The van der Waals surface area contributed by atoms with Gasteiger partial charge in [0.25, 0.3) is 0 Å². The third-order valence-corrected chi connectivity index (χ3v) is 5.36. The van der Waals surface area contributed by atoms with Gasteiger partial charge >= 0.3 is 5.97 Å². The predicted octanol–water partition coefficient (Wildman–Crippen LogP) is 3.02. The summed E-state index contributed by atoms with van der Waals surface area (Å²) in [5.41, 5.74) is 1.35. The first-order chi connectivity index (χ1) is 12.7. The number of methoxy groups -OCH3 is 1. The lowest BCUT2D eigenvalue weighted by Crippen LogP contribution is -2.08. The summed E-state index contributed by atoms with van der Waals surface area (Å²) in [5.74, 6) is -0.746. The Labute approximate surface area is 162 Å². The number of hydrogen-bond acceptors (Lipinski definition) is 5. The summed E-state index contributed by atoms with van der Waals surface area (Å²) in [7, 11) is -1.91. The Balaban J connectivity index is 2.72. The van der Waals surface area contributed by atoms with Crippen LogP contribution in [0.5, 0.6) is 5.75 Å². The van der Waals surface area contributed by atoms with Crippen LogP contribution in [0.2, 0.25) is 5.02 Å². The number of hydrogen-bond donors (Lipinski definition) is 2. The second-order valence-corrected chi connectivity index (χ2v) is 8.20. The lowest BCUT2D eigenvalue weighted by Gasteiger charge is -2.15. The molecule has 2 aromatic rings. The van der Waals surface area contributed by atoms with Gasteiger partial charge < -0.3 is 14.9 Å². The highest BCUT2D eigenvalue weighted by atomic mass is 35.5. The van der Waals surface area contributed by atoms with Gasteiger partial charge in [0.05, 0.1) is 17.0 Å². The van der Waals surface area contributed by atoms with Gasteiger partial charge in [-0.1, -0.05) is 29.8 Å². The lowest BCUT2D eigenvalue weighted by atomic mass is 9.91. The number of aliphatic hydroxyl groups is 1. The molecule has 0 aromatic heterocycles. The molecule has 0 heterocycles. The van der Waals surface area contributed by atoms with Crippen LogP contribution in [0.25, 0.3) is 5.57 Å². The number of carbonyl (C=O) groups is 1. The molecule has 27 heavy (non-hydrogen) atoms. The van der Waals surface area contributed by atoms with Gasteiger partial charge in [-0.05, 0) is 41.0 Å². The van der Waals surface area contributed by atoms with Gasteiger partial charge in [-0.3, -0.25) is 0 Å². The average Bonchev–Trinajstić information content (AvgIpc) is 2.61. The molecule has 0 aliphatic heterocycles. The minimum atomic E-state index is -3.38. The highest BCUT2D eigenvalue weighted by molar-refractivity contribution is 7.90. The van der Waals surface area contributed by atoms with E-state index >= 15 is 0 Å². The highest BCUT2D eigenvalue weighted by Gasteiger charge is 2.19. The lowest BCUT2D eigenvalue weighted by molar-refractivity contribution is -0.132. The molecule has 0 aliphatic rings. The van der Waals surface area contributed by atoms with Crippen molar-refractivity contribution in [3.63, 3.8) is 0 Å². The van der Waals surface area contributed by atoms with Crippen molar-refractivity contribution < 1.29 is 28.2 Å². The number of carboxylic acids is 1. The van der Waals surface area contributed by atoms with Gasteiger partial charge in [-0.25, -0.2) is 13.2 Å². The van der Waals surface area contributed by atoms with Crippen molar-refractivity contribution in [1.29, 1.82) is 0 Å². The van der Waals surface area contributed by atoms with E-state index < -0.39 is 15.8 Å². The number of halogens is 1. The summed E-state index contributed by atoms with van der Waals surface area (Å²) in [5, 5.41) is 19.2. The molecule has 0 saturated carbocycles. The summed E-state index contributed by atoms with van der Waals surface area (Å²) in [6.45, 7) is -0.351. The number of aliphatic hydroxyl groups excluding tert-OH is 1. The molecule has 2 N–H and O–H groups in total. The maximum absolute atomic E-state index is 11.8. The Bertz CT molecular complexity index is 978. The first kappa shape index (κ1) is 21.0. The van der Waals surface area contributed by atoms with Crippen molar-refractivity contribution in [2.45, 2.75) is 11.3 Å². The fourth-order valence-electron chi connectivity index (χ4n) is 2.66. The monoisotopic (exact) mass is 410 g/mol. The molecule has 6 nitrogen and oxygen atoms in total. The van der Waals surface area contributed by atoms with Crippen molar-refractivity contribution in [2.75, 3.05) is 20.0 Å². The SMILES string of the molecule is COc1ccc(/C(=C(/CCO)C(=O)O)c2ccc(S(C)(=O)=O)cc2)cc1Cl. The molecular formula is C19H19ClO6S. The number of rotatable bonds is 7. The third-order valence-electron chi connectivity index (χ3n) is 3.93. The van der Waals surface area contributed by atoms with E-state index in [0.29, 0.717) is 27.5 Å². The minimum Gasteiger partial charge on any atom is -0.495 e. The molecule has 8 heteroatoms. The van der Waals surface area contributed by atoms with E-state index in [1.54, 1.807) is 18.2 Å². The van der Waals surface area contributed by atoms with Crippen molar-refractivity contribution in [1.82, 2.24) is 0 Å². The van der Waals surface area contributed by atoms with Crippen LogP contribution >= 0.6 is 11.6 Å². The Hall–Kier alpha value is -2.35. The number of aliphatic carboxylic acids is 1. The molecule has 2 rings (SSSR count). The number of sulfone groups is 1. The smallest absolute Gasteiger partial charge is 0.332 e. The zero-order valence-electron chi connectivity index (χ0n) is 14.8. The van der Waals surface area contributed by atoms with Crippen LogP contribution in [0.1, 0.15) is 17.5 Å². The average molecular weight is 411 g/mol. The topological polar surface area (TPSA) is 101 Å². The van der Waals surface area contributed by atoms with E-state index in [0.717, 1.165) is 6.26 Å². The van der Waals surface area contributed by atoms with Crippen molar-refractivity contribution >= 4 is 33.0 Å². The molecular weight excluding hydrogens is 392 g/mol. The Morgan fingerprint density at radius 2 is 1.70 bits per heavy atom. The second-order valence-electron chi connectivity index (χ2n) is 5.78. The summed E-state index contributed by atoms with van der Waals surface area (Å²) in [6, 6.07) is 10.7. The minimum absolute atomic E-state index is 0.00848. The summed E-state index contributed by atoms with van der Waals surface area (Å²) in [6.07, 6.45) is 1.01. The molecule has 0 bridgehead atoms. The molecule has 0 aliphatic carbocycles. The van der Waals surface area contributed by atoms with Gasteiger partial charge in [0, 0.05) is 24.9 Å². The Kier molecular flexibility index (Phi) is 6.64. The van der Waals surface area contributed by atoms with E-state index in [1.165, 1.54) is 31.4 Å². The van der Waals surface area contributed by atoms with Crippen LogP contribution < -0.4 is 4.74 Å². The van der Waals surface area contributed by atoms with Gasteiger partial charge in [-0.2, -0.15) is 0 Å². The number of benzene rings is 2. The normalized spacial score (nSPS) is 12.4. The van der Waals surface area contributed by atoms with Crippen LogP contribution in [0, 0.1) is 0 Å². The zero-order valence-corrected chi connectivity index (χ0v) is 16.3. The van der Waals surface area contributed by atoms with Gasteiger partial charge in [-0.15, -0.1) is 0 Å². The van der Waals surface area contributed by atoms with Gasteiger partial charge in [0.1, 0.15) is 5.75 Å². The summed E-state index contributed by atoms with van der Waals surface area (Å²) >= 11 is 6.18. The van der Waals surface area contributed by atoms with Crippen LogP contribution in [-0.4, -0.2) is 44.6 Å². The fourth-order valence-corrected chi connectivity index (χ4v) is 3.54. The van der Waals surface area contributed by atoms with Crippen LogP contribution in [0.4, 0.5) is 0 Å². The second kappa shape index (κ2) is 8.56. The van der Waals surface area contributed by atoms with Crippen molar-refractivity contribution in [2.24, 2.45) is 0 Å². The Morgan fingerprint density at radius 3 is 2.15 bits per heavy atom. The summed E-state index contributed by atoms with van der Waals surface area (Å²) < 4.78 is 28.5. The molecule has 0 radical (unpaired) electrons. The molecule has 0 fully saturated rings. The molecule has 0 saturated heterocycles. The highest BCUT2D eigenvalue weighted by Crippen LogP contribution is 2.34. The van der Waals surface area contributed by atoms with E-state index in [9.17, 15) is 23.4 Å². The van der Waals surface area contributed by atoms with Crippen molar-refractivity contribution in [3.05, 3.63) is 64.2 Å². The maximum Gasteiger partial charge on any atom is 0.332 e. The molecule has 144 valence electrons. The van der Waals surface area contributed by atoms with Crippen molar-refractivity contribution in [3.8, 4) is 5.75 Å². The van der Waals surface area contributed by atoms with Crippen LogP contribution in [0.15, 0.2) is 52.9 Å². The first-order valence-electron chi connectivity index (χ1n) is 7.90. The third kappa shape index (κ3) is 4.88. The standard InChI is InChI=1S/C19H19ClO6S/c1-26-17-8-5-13(11-16(17)20)18(15(9-10-21)19(22)23)12-3-6-14(7-4-12)27(2,24)25/h3-8,11,21H,9-10H2,1-2H3,(H,22,23)/b18-15-. The molecule has 0 atom stereocenters. The Morgan fingerprint density at radius 1 is 1.11 bits per heavy atom.